The smallest absolute Gasteiger partial charge is 0.325 e. The number of ether oxygens (including phenoxy) is 2. The summed E-state index contributed by atoms with van der Waals surface area (Å²) in [7, 11) is 1.58. The minimum atomic E-state index is -0.365. The van der Waals surface area contributed by atoms with E-state index in [4.69, 9.17) is 9.47 Å². The summed E-state index contributed by atoms with van der Waals surface area (Å²) in [6.45, 7) is 4.58. The number of esters is 1. The molecule has 0 aromatic rings. The van der Waals surface area contributed by atoms with E-state index in [9.17, 15) is 9.59 Å². The lowest BCUT2D eigenvalue weighted by molar-refractivity contribution is -0.150. The van der Waals surface area contributed by atoms with Crippen molar-refractivity contribution in [1.82, 2.24) is 10.2 Å². The molecule has 1 atom stereocenters. The zero-order valence-electron chi connectivity index (χ0n) is 11.8. The average molecular weight is 272 g/mol. The highest BCUT2D eigenvalue weighted by atomic mass is 16.5. The average Bonchev–Trinajstić information content (AvgIpc) is 2.44. The molecule has 6 heteroatoms. The fourth-order valence-corrected chi connectivity index (χ4v) is 2.15. The Morgan fingerprint density at radius 1 is 1.42 bits per heavy atom. The molecule has 0 aromatic heterocycles. The van der Waals surface area contributed by atoms with Crippen molar-refractivity contribution in [2.24, 2.45) is 5.92 Å². The van der Waals surface area contributed by atoms with Crippen LogP contribution in [0.15, 0.2) is 0 Å². The van der Waals surface area contributed by atoms with Gasteiger partial charge in [0.1, 0.15) is 6.54 Å². The molecule has 1 fully saturated rings. The standard InChI is InChI=1S/C13H24N2O4/c1-3-19-12(16)10-15(7-8-18-2)13(17)11-5-4-6-14-9-11/h11,14H,3-10H2,1-2H3/t11-/m1/s1. The Morgan fingerprint density at radius 2 is 2.21 bits per heavy atom. The van der Waals surface area contributed by atoms with E-state index in [0.717, 1.165) is 19.4 Å². The number of carbonyl (C=O) groups excluding carboxylic acids is 2. The number of methoxy groups -OCH3 is 1. The van der Waals surface area contributed by atoms with Crippen LogP contribution >= 0.6 is 0 Å². The summed E-state index contributed by atoms with van der Waals surface area (Å²) in [5.41, 5.74) is 0. The first-order valence-electron chi connectivity index (χ1n) is 6.83. The number of carbonyl (C=O) groups is 2. The number of piperidine rings is 1. The molecule has 0 radical (unpaired) electrons. The third-order valence-corrected chi connectivity index (χ3v) is 3.15. The first kappa shape index (κ1) is 15.9. The molecular weight excluding hydrogens is 248 g/mol. The number of hydrogen-bond donors (Lipinski definition) is 1. The number of nitrogens with one attached hydrogen (secondary N) is 1. The molecule has 1 N–H and O–H groups in total. The maximum Gasteiger partial charge on any atom is 0.325 e. The lowest BCUT2D eigenvalue weighted by Crippen LogP contribution is -2.46. The summed E-state index contributed by atoms with van der Waals surface area (Å²) >= 11 is 0. The van der Waals surface area contributed by atoms with Crippen LogP contribution < -0.4 is 5.32 Å². The lowest BCUT2D eigenvalue weighted by atomic mass is 9.98. The van der Waals surface area contributed by atoms with Gasteiger partial charge in [0.05, 0.1) is 19.1 Å². The molecule has 0 spiro atoms. The van der Waals surface area contributed by atoms with Gasteiger partial charge in [0, 0.05) is 20.2 Å². The molecule has 1 aliphatic rings. The second-order valence-electron chi connectivity index (χ2n) is 4.60. The predicted octanol–water partition coefficient (Wildman–Crippen LogP) is 0.0241. The lowest BCUT2D eigenvalue weighted by Gasteiger charge is -2.29. The Morgan fingerprint density at radius 3 is 2.79 bits per heavy atom. The van der Waals surface area contributed by atoms with E-state index in [1.807, 2.05) is 0 Å². The van der Waals surface area contributed by atoms with Gasteiger partial charge in [0.2, 0.25) is 5.91 Å². The second-order valence-corrected chi connectivity index (χ2v) is 4.60. The predicted molar refractivity (Wildman–Crippen MR) is 70.7 cm³/mol. The van der Waals surface area contributed by atoms with Crippen LogP contribution in [-0.2, 0) is 19.1 Å². The molecule has 0 aliphatic carbocycles. The molecule has 1 saturated heterocycles. The van der Waals surface area contributed by atoms with Crippen molar-refractivity contribution in [3.05, 3.63) is 0 Å². The molecule has 0 saturated carbocycles. The van der Waals surface area contributed by atoms with E-state index < -0.39 is 0 Å². The van der Waals surface area contributed by atoms with Crippen molar-refractivity contribution in [3.8, 4) is 0 Å². The molecule has 1 heterocycles. The van der Waals surface area contributed by atoms with Crippen LogP contribution in [0.2, 0.25) is 0 Å². The van der Waals surface area contributed by atoms with Crippen LogP contribution in [0.5, 0.6) is 0 Å². The van der Waals surface area contributed by atoms with Crippen LogP contribution in [-0.4, -0.2) is 63.3 Å². The zero-order chi connectivity index (χ0) is 14.1. The van der Waals surface area contributed by atoms with Gasteiger partial charge in [0.25, 0.3) is 0 Å². The highest BCUT2D eigenvalue weighted by Gasteiger charge is 2.27. The van der Waals surface area contributed by atoms with E-state index in [2.05, 4.69) is 5.32 Å². The van der Waals surface area contributed by atoms with Gasteiger partial charge in [-0.1, -0.05) is 0 Å². The van der Waals surface area contributed by atoms with Gasteiger partial charge in [-0.3, -0.25) is 9.59 Å². The second kappa shape index (κ2) is 8.87. The van der Waals surface area contributed by atoms with E-state index in [0.29, 0.717) is 26.3 Å². The zero-order valence-corrected chi connectivity index (χ0v) is 11.8. The Balaban J connectivity index is 2.55. The van der Waals surface area contributed by atoms with Crippen LogP contribution in [0, 0.1) is 5.92 Å². The SMILES string of the molecule is CCOC(=O)CN(CCOC)C(=O)[C@@H]1CCCNC1. The van der Waals surface area contributed by atoms with E-state index in [1.54, 1.807) is 18.9 Å². The molecule has 1 amide bonds. The van der Waals surface area contributed by atoms with E-state index in [1.165, 1.54) is 0 Å². The fourth-order valence-electron chi connectivity index (χ4n) is 2.15. The van der Waals surface area contributed by atoms with Crippen LogP contribution in [0.1, 0.15) is 19.8 Å². The van der Waals surface area contributed by atoms with Gasteiger partial charge in [-0.2, -0.15) is 0 Å². The molecule has 1 aliphatic heterocycles. The van der Waals surface area contributed by atoms with Gasteiger partial charge in [-0.05, 0) is 26.3 Å². The summed E-state index contributed by atoms with van der Waals surface area (Å²) in [5.74, 6) is -0.395. The minimum Gasteiger partial charge on any atom is -0.465 e. The molecule has 0 aromatic carbocycles. The molecule has 110 valence electrons. The maximum absolute atomic E-state index is 12.4. The van der Waals surface area contributed by atoms with Gasteiger partial charge in [-0.25, -0.2) is 0 Å². The van der Waals surface area contributed by atoms with Crippen LogP contribution in [0.4, 0.5) is 0 Å². The highest BCUT2D eigenvalue weighted by molar-refractivity contribution is 5.84. The van der Waals surface area contributed by atoms with Gasteiger partial charge in [0.15, 0.2) is 0 Å². The van der Waals surface area contributed by atoms with Crippen molar-refractivity contribution in [2.75, 3.05) is 46.5 Å². The fraction of sp³-hybridized carbons (Fsp3) is 0.846. The maximum atomic E-state index is 12.4. The summed E-state index contributed by atoms with van der Waals surface area (Å²) < 4.78 is 9.89. The summed E-state index contributed by atoms with van der Waals surface area (Å²) in [6, 6.07) is 0. The van der Waals surface area contributed by atoms with Crippen LogP contribution in [0.25, 0.3) is 0 Å². The Hall–Kier alpha value is -1.14. The molecule has 0 unspecified atom stereocenters. The van der Waals surface area contributed by atoms with Crippen molar-refractivity contribution >= 4 is 11.9 Å². The van der Waals surface area contributed by atoms with E-state index >= 15 is 0 Å². The number of hydrogen-bond acceptors (Lipinski definition) is 5. The molecular formula is C13H24N2O4. The number of amides is 1. The van der Waals surface area contributed by atoms with E-state index in [-0.39, 0.29) is 24.3 Å². The third kappa shape index (κ3) is 5.57. The molecule has 19 heavy (non-hydrogen) atoms. The van der Waals surface area contributed by atoms with Crippen molar-refractivity contribution in [1.29, 1.82) is 0 Å². The quantitative estimate of drug-likeness (QED) is 0.662. The normalized spacial score (nSPS) is 18.9. The van der Waals surface area contributed by atoms with Crippen molar-refractivity contribution < 1.29 is 19.1 Å². The van der Waals surface area contributed by atoms with Gasteiger partial charge < -0.3 is 19.7 Å². The summed E-state index contributed by atoms with van der Waals surface area (Å²) in [5, 5.41) is 3.21. The van der Waals surface area contributed by atoms with Gasteiger partial charge in [-0.15, -0.1) is 0 Å². The van der Waals surface area contributed by atoms with Crippen LogP contribution in [0.3, 0.4) is 0 Å². The monoisotopic (exact) mass is 272 g/mol. The molecule has 0 bridgehead atoms. The Kier molecular flexibility index (Phi) is 7.43. The summed E-state index contributed by atoms with van der Waals surface area (Å²) in [4.78, 5) is 25.4. The van der Waals surface area contributed by atoms with Gasteiger partial charge >= 0.3 is 5.97 Å². The number of nitrogens with zero attached hydrogens (tertiary/aromatic N) is 1. The minimum absolute atomic E-state index is 0.00648. The Bertz CT molecular complexity index is 290. The topological polar surface area (TPSA) is 67.9 Å². The molecule has 1 rings (SSSR count). The third-order valence-electron chi connectivity index (χ3n) is 3.15. The first-order chi connectivity index (χ1) is 9.19. The van der Waals surface area contributed by atoms with Crippen molar-refractivity contribution in [3.63, 3.8) is 0 Å². The Labute approximate surface area is 114 Å². The first-order valence-corrected chi connectivity index (χ1v) is 6.83. The highest BCUT2D eigenvalue weighted by Crippen LogP contribution is 2.13. The summed E-state index contributed by atoms with van der Waals surface area (Å²) in [6.07, 6.45) is 1.87. The molecule has 6 nitrogen and oxygen atoms in total. The largest absolute Gasteiger partial charge is 0.465 e. The number of rotatable bonds is 7. The van der Waals surface area contributed by atoms with Crippen molar-refractivity contribution in [2.45, 2.75) is 19.8 Å².